The molecule has 1 unspecified atom stereocenters. The molecule has 2 N–H and O–H groups in total. The molecule has 1 aliphatic heterocycles. The number of anilines is 1. The molecule has 2 rings (SSSR count). The highest BCUT2D eigenvalue weighted by Gasteiger charge is 2.15. The molecule has 4 heteroatoms. The summed E-state index contributed by atoms with van der Waals surface area (Å²) in [6, 6.07) is 7.51. The molecule has 0 bridgehead atoms. The topological polar surface area (TPSA) is 52.6 Å². The first-order valence-corrected chi connectivity index (χ1v) is 7.35. The van der Waals surface area contributed by atoms with Crippen LogP contribution in [0.15, 0.2) is 24.3 Å². The first-order chi connectivity index (χ1) is 9.54. The fraction of sp³-hybridized carbons (Fsp3) is 0.562. The Morgan fingerprint density at radius 3 is 2.50 bits per heavy atom. The van der Waals surface area contributed by atoms with Crippen LogP contribution in [0.5, 0.6) is 0 Å². The van der Waals surface area contributed by atoms with Gasteiger partial charge in [-0.3, -0.25) is 9.69 Å². The van der Waals surface area contributed by atoms with Crippen molar-refractivity contribution in [2.24, 2.45) is 5.92 Å². The average molecular weight is 276 g/mol. The fourth-order valence-corrected chi connectivity index (χ4v) is 2.50. The zero-order valence-corrected chi connectivity index (χ0v) is 12.3. The van der Waals surface area contributed by atoms with Crippen molar-refractivity contribution in [1.82, 2.24) is 4.90 Å². The lowest BCUT2D eigenvalue weighted by Crippen LogP contribution is -2.32. The highest BCUT2D eigenvalue weighted by atomic mass is 16.4. The number of carboxylic acid groups (broad SMARTS) is 1. The summed E-state index contributed by atoms with van der Waals surface area (Å²) in [5, 5.41) is 11.8. The number of benzene rings is 1. The number of carboxylic acids is 1. The third kappa shape index (κ3) is 4.23. The SMILES string of the molecule is CC1CCN(Cc2ccc(NC(C)C(=O)O)cc2)CC1. The summed E-state index contributed by atoms with van der Waals surface area (Å²) in [5.41, 5.74) is 2.14. The zero-order valence-electron chi connectivity index (χ0n) is 12.3. The first kappa shape index (κ1) is 14.9. The smallest absolute Gasteiger partial charge is 0.325 e. The molecular weight excluding hydrogens is 252 g/mol. The number of hydrogen-bond donors (Lipinski definition) is 2. The number of likely N-dealkylation sites (tertiary alicyclic amines) is 1. The second-order valence-corrected chi connectivity index (χ2v) is 5.86. The van der Waals surface area contributed by atoms with Gasteiger partial charge in [-0.05, 0) is 56.5 Å². The lowest BCUT2D eigenvalue weighted by atomic mass is 9.99. The minimum absolute atomic E-state index is 0.565. The van der Waals surface area contributed by atoms with Crippen molar-refractivity contribution in [3.63, 3.8) is 0 Å². The molecule has 1 aromatic rings. The monoisotopic (exact) mass is 276 g/mol. The maximum Gasteiger partial charge on any atom is 0.325 e. The molecule has 0 amide bonds. The van der Waals surface area contributed by atoms with Gasteiger partial charge in [0, 0.05) is 12.2 Å². The van der Waals surface area contributed by atoms with E-state index in [-0.39, 0.29) is 0 Å². The molecule has 1 fully saturated rings. The van der Waals surface area contributed by atoms with E-state index in [1.165, 1.54) is 31.5 Å². The van der Waals surface area contributed by atoms with Gasteiger partial charge < -0.3 is 10.4 Å². The van der Waals surface area contributed by atoms with Crippen molar-refractivity contribution in [3.05, 3.63) is 29.8 Å². The van der Waals surface area contributed by atoms with E-state index < -0.39 is 12.0 Å². The minimum Gasteiger partial charge on any atom is -0.480 e. The number of nitrogens with one attached hydrogen (secondary N) is 1. The van der Waals surface area contributed by atoms with Gasteiger partial charge >= 0.3 is 5.97 Å². The van der Waals surface area contributed by atoms with Crippen molar-refractivity contribution in [3.8, 4) is 0 Å². The molecule has 1 saturated heterocycles. The van der Waals surface area contributed by atoms with Crippen molar-refractivity contribution < 1.29 is 9.90 Å². The lowest BCUT2D eigenvalue weighted by molar-refractivity contribution is -0.137. The van der Waals surface area contributed by atoms with E-state index in [1.807, 2.05) is 12.1 Å². The quantitative estimate of drug-likeness (QED) is 0.868. The highest BCUT2D eigenvalue weighted by molar-refractivity contribution is 5.76. The van der Waals surface area contributed by atoms with E-state index in [9.17, 15) is 4.79 Å². The van der Waals surface area contributed by atoms with Gasteiger partial charge in [0.15, 0.2) is 0 Å². The van der Waals surface area contributed by atoms with Gasteiger partial charge in [0.2, 0.25) is 0 Å². The van der Waals surface area contributed by atoms with Crippen LogP contribution < -0.4 is 5.32 Å². The van der Waals surface area contributed by atoms with Crippen LogP contribution in [0.2, 0.25) is 0 Å². The van der Waals surface area contributed by atoms with Gasteiger partial charge in [0.25, 0.3) is 0 Å². The Kier molecular flexibility index (Phi) is 5.01. The molecule has 0 spiro atoms. The first-order valence-electron chi connectivity index (χ1n) is 7.35. The average Bonchev–Trinajstić information content (AvgIpc) is 2.43. The molecule has 110 valence electrons. The predicted molar refractivity (Wildman–Crippen MR) is 80.8 cm³/mol. The van der Waals surface area contributed by atoms with E-state index in [0.717, 1.165) is 18.2 Å². The van der Waals surface area contributed by atoms with Crippen LogP contribution in [0.4, 0.5) is 5.69 Å². The Morgan fingerprint density at radius 2 is 1.95 bits per heavy atom. The van der Waals surface area contributed by atoms with Crippen LogP contribution in [0.25, 0.3) is 0 Å². The van der Waals surface area contributed by atoms with Crippen molar-refractivity contribution in [1.29, 1.82) is 0 Å². The van der Waals surface area contributed by atoms with Crippen LogP contribution in [0, 0.1) is 5.92 Å². The molecule has 0 saturated carbocycles. The number of aliphatic carboxylic acids is 1. The zero-order chi connectivity index (χ0) is 14.5. The standard InChI is InChI=1S/C16H24N2O2/c1-12-7-9-18(10-8-12)11-14-3-5-15(6-4-14)17-13(2)16(19)20/h3-6,12-13,17H,7-11H2,1-2H3,(H,19,20). The summed E-state index contributed by atoms with van der Waals surface area (Å²) in [6.07, 6.45) is 2.57. The van der Waals surface area contributed by atoms with E-state index in [0.29, 0.717) is 0 Å². The van der Waals surface area contributed by atoms with Crippen LogP contribution in [-0.2, 0) is 11.3 Å². The number of nitrogens with zero attached hydrogens (tertiary/aromatic N) is 1. The second-order valence-electron chi connectivity index (χ2n) is 5.86. The van der Waals surface area contributed by atoms with Crippen LogP contribution >= 0.6 is 0 Å². The molecule has 1 aliphatic rings. The van der Waals surface area contributed by atoms with Gasteiger partial charge in [0.1, 0.15) is 6.04 Å². The normalized spacial score (nSPS) is 18.7. The van der Waals surface area contributed by atoms with Crippen LogP contribution in [0.1, 0.15) is 32.3 Å². The Bertz CT molecular complexity index is 436. The van der Waals surface area contributed by atoms with Gasteiger partial charge in [-0.2, -0.15) is 0 Å². The molecule has 4 nitrogen and oxygen atoms in total. The predicted octanol–water partition coefficient (Wildman–Crippen LogP) is 2.80. The second kappa shape index (κ2) is 6.75. The molecular formula is C16H24N2O2. The third-order valence-corrected chi connectivity index (χ3v) is 3.99. The van der Waals surface area contributed by atoms with Crippen LogP contribution in [-0.4, -0.2) is 35.1 Å². The van der Waals surface area contributed by atoms with Crippen molar-refractivity contribution in [2.45, 2.75) is 39.3 Å². The summed E-state index contributed by atoms with van der Waals surface area (Å²) in [5.74, 6) is 0.0202. The Balaban J connectivity index is 1.86. The Morgan fingerprint density at radius 1 is 1.35 bits per heavy atom. The molecule has 20 heavy (non-hydrogen) atoms. The maximum absolute atomic E-state index is 10.8. The maximum atomic E-state index is 10.8. The summed E-state index contributed by atoms with van der Waals surface area (Å²) < 4.78 is 0. The van der Waals surface area contributed by atoms with E-state index in [2.05, 4.69) is 29.3 Å². The van der Waals surface area contributed by atoms with E-state index in [4.69, 9.17) is 5.11 Å². The summed E-state index contributed by atoms with van der Waals surface area (Å²) in [6.45, 7) is 7.31. The van der Waals surface area contributed by atoms with Gasteiger partial charge in [-0.15, -0.1) is 0 Å². The number of rotatable bonds is 5. The third-order valence-electron chi connectivity index (χ3n) is 3.99. The van der Waals surface area contributed by atoms with Crippen molar-refractivity contribution >= 4 is 11.7 Å². The van der Waals surface area contributed by atoms with Gasteiger partial charge in [-0.25, -0.2) is 0 Å². The molecule has 1 aromatic carbocycles. The number of carbonyl (C=O) groups is 1. The number of piperidine rings is 1. The number of hydrogen-bond acceptors (Lipinski definition) is 3. The van der Waals surface area contributed by atoms with E-state index in [1.54, 1.807) is 6.92 Å². The molecule has 1 heterocycles. The Hall–Kier alpha value is -1.55. The van der Waals surface area contributed by atoms with Gasteiger partial charge in [0.05, 0.1) is 0 Å². The van der Waals surface area contributed by atoms with Crippen molar-refractivity contribution in [2.75, 3.05) is 18.4 Å². The minimum atomic E-state index is -0.837. The summed E-state index contributed by atoms with van der Waals surface area (Å²) in [4.78, 5) is 13.3. The molecule has 0 aliphatic carbocycles. The summed E-state index contributed by atoms with van der Waals surface area (Å²) >= 11 is 0. The largest absolute Gasteiger partial charge is 0.480 e. The molecule has 0 radical (unpaired) electrons. The Labute approximate surface area is 120 Å². The van der Waals surface area contributed by atoms with Gasteiger partial charge in [-0.1, -0.05) is 19.1 Å². The highest BCUT2D eigenvalue weighted by Crippen LogP contribution is 2.19. The van der Waals surface area contributed by atoms with E-state index >= 15 is 0 Å². The lowest BCUT2D eigenvalue weighted by Gasteiger charge is -2.30. The molecule has 1 atom stereocenters. The molecule has 0 aromatic heterocycles. The fourth-order valence-electron chi connectivity index (χ4n) is 2.50. The summed E-state index contributed by atoms with van der Waals surface area (Å²) in [7, 11) is 0. The van der Waals surface area contributed by atoms with Crippen LogP contribution in [0.3, 0.4) is 0 Å².